The highest BCUT2D eigenvalue weighted by atomic mass is 32.2. The Labute approximate surface area is 124 Å². The molecular formula is C12H11F3N3O3S-. The van der Waals surface area contributed by atoms with Gasteiger partial charge in [-0.3, -0.25) is 0 Å². The van der Waals surface area contributed by atoms with Crippen molar-refractivity contribution < 1.29 is 26.1 Å². The molecule has 22 heavy (non-hydrogen) atoms. The summed E-state index contributed by atoms with van der Waals surface area (Å²) >= 11 is 0. The van der Waals surface area contributed by atoms with E-state index in [2.05, 4.69) is 9.97 Å². The van der Waals surface area contributed by atoms with Gasteiger partial charge in [-0.15, -0.1) is 0 Å². The van der Waals surface area contributed by atoms with Crippen molar-refractivity contribution in [2.45, 2.75) is 24.9 Å². The standard InChI is InChI=1S/C12H12F3N3O3S/c1-11(10-17-3-2-4-18-10)5-7(12(13,14)15)9(8(16)6-11)22(19,20)21/h2-5H,6,16H2,1H3,(H,19,20,21)/p-1. The van der Waals surface area contributed by atoms with Gasteiger partial charge < -0.3 is 10.3 Å². The highest BCUT2D eigenvalue weighted by Gasteiger charge is 2.45. The average molecular weight is 334 g/mol. The van der Waals surface area contributed by atoms with E-state index in [1.54, 1.807) is 0 Å². The Hall–Kier alpha value is -1.94. The molecule has 0 spiro atoms. The molecular weight excluding hydrogens is 323 g/mol. The normalized spacial score (nSPS) is 23.4. The molecule has 0 aromatic carbocycles. The van der Waals surface area contributed by atoms with Crippen LogP contribution in [0.15, 0.2) is 40.7 Å². The molecule has 0 saturated heterocycles. The smallest absolute Gasteiger partial charge is 0.417 e. The van der Waals surface area contributed by atoms with Crippen molar-refractivity contribution in [3.8, 4) is 0 Å². The molecule has 1 atom stereocenters. The van der Waals surface area contributed by atoms with Crippen molar-refractivity contribution in [3.63, 3.8) is 0 Å². The molecule has 0 saturated carbocycles. The van der Waals surface area contributed by atoms with Crippen molar-refractivity contribution in [3.05, 3.63) is 46.5 Å². The second-order valence-corrected chi connectivity index (χ2v) is 6.35. The number of hydrogen-bond donors (Lipinski definition) is 1. The highest BCUT2D eigenvalue weighted by Crippen LogP contribution is 2.44. The fraction of sp³-hybridized carbons (Fsp3) is 0.333. The Balaban J connectivity index is 2.69. The summed E-state index contributed by atoms with van der Waals surface area (Å²) in [6.07, 6.45) is -2.03. The van der Waals surface area contributed by atoms with Crippen molar-refractivity contribution in [1.82, 2.24) is 9.97 Å². The highest BCUT2D eigenvalue weighted by molar-refractivity contribution is 7.90. The maximum atomic E-state index is 13.2. The van der Waals surface area contributed by atoms with Gasteiger partial charge in [0.15, 0.2) is 0 Å². The summed E-state index contributed by atoms with van der Waals surface area (Å²) in [5, 5.41) is 0. The van der Waals surface area contributed by atoms with Crippen LogP contribution >= 0.6 is 0 Å². The molecule has 0 bridgehead atoms. The summed E-state index contributed by atoms with van der Waals surface area (Å²) in [5.74, 6) is 0.0436. The molecule has 6 nitrogen and oxygen atoms in total. The molecule has 0 aliphatic heterocycles. The number of rotatable bonds is 2. The van der Waals surface area contributed by atoms with Gasteiger partial charge in [-0.1, -0.05) is 6.08 Å². The number of nitrogens with two attached hydrogens (primary N) is 1. The van der Waals surface area contributed by atoms with E-state index in [9.17, 15) is 26.1 Å². The van der Waals surface area contributed by atoms with Crippen LogP contribution < -0.4 is 5.73 Å². The number of nitrogens with zero attached hydrogens (tertiary/aromatic N) is 2. The zero-order chi connectivity index (χ0) is 16.8. The van der Waals surface area contributed by atoms with E-state index < -0.39 is 37.9 Å². The second-order valence-electron chi connectivity index (χ2n) is 5.03. The van der Waals surface area contributed by atoms with E-state index in [0.717, 1.165) is 0 Å². The summed E-state index contributed by atoms with van der Waals surface area (Å²) in [7, 11) is -5.36. The van der Waals surface area contributed by atoms with Crippen LogP contribution in [0.3, 0.4) is 0 Å². The zero-order valence-corrected chi connectivity index (χ0v) is 12.1. The lowest BCUT2D eigenvalue weighted by Crippen LogP contribution is -2.34. The maximum absolute atomic E-state index is 13.2. The van der Waals surface area contributed by atoms with Crippen LogP contribution in [0.1, 0.15) is 19.2 Å². The van der Waals surface area contributed by atoms with Crippen LogP contribution in [0.4, 0.5) is 13.2 Å². The van der Waals surface area contributed by atoms with Crippen LogP contribution in [0, 0.1) is 0 Å². The first-order valence-corrected chi connectivity index (χ1v) is 7.38. The molecule has 1 aliphatic carbocycles. The third-order valence-electron chi connectivity index (χ3n) is 3.19. The molecule has 0 radical (unpaired) electrons. The van der Waals surface area contributed by atoms with Gasteiger partial charge in [0, 0.05) is 24.5 Å². The van der Waals surface area contributed by atoms with E-state index >= 15 is 0 Å². The van der Waals surface area contributed by atoms with E-state index in [0.29, 0.717) is 6.08 Å². The Morgan fingerprint density at radius 3 is 2.32 bits per heavy atom. The average Bonchev–Trinajstić information content (AvgIpc) is 2.36. The molecule has 1 heterocycles. The predicted molar refractivity (Wildman–Crippen MR) is 69.0 cm³/mol. The van der Waals surface area contributed by atoms with Crippen LogP contribution in [0.2, 0.25) is 0 Å². The fourth-order valence-electron chi connectivity index (χ4n) is 2.33. The first kappa shape index (κ1) is 16.4. The number of halogens is 3. The monoisotopic (exact) mass is 334 g/mol. The maximum Gasteiger partial charge on any atom is 0.417 e. The van der Waals surface area contributed by atoms with Crippen LogP contribution in [-0.4, -0.2) is 29.1 Å². The molecule has 2 rings (SSSR count). The minimum absolute atomic E-state index is 0.0436. The second kappa shape index (κ2) is 5.06. The summed E-state index contributed by atoms with van der Waals surface area (Å²) in [5.41, 5.74) is 1.86. The van der Waals surface area contributed by atoms with Gasteiger partial charge in [-0.05, 0) is 13.0 Å². The molecule has 1 unspecified atom stereocenters. The molecule has 120 valence electrons. The van der Waals surface area contributed by atoms with Gasteiger partial charge in [0.25, 0.3) is 0 Å². The van der Waals surface area contributed by atoms with Crippen molar-refractivity contribution in [2.24, 2.45) is 5.73 Å². The molecule has 1 aromatic rings. The third kappa shape index (κ3) is 2.97. The summed E-state index contributed by atoms with van der Waals surface area (Å²) in [6, 6.07) is 1.48. The van der Waals surface area contributed by atoms with Gasteiger partial charge in [0.05, 0.1) is 15.9 Å². The summed E-state index contributed by atoms with van der Waals surface area (Å²) in [6.45, 7) is 1.38. The fourth-order valence-corrected chi connectivity index (χ4v) is 3.16. The lowest BCUT2D eigenvalue weighted by atomic mass is 9.78. The number of alkyl halides is 3. The van der Waals surface area contributed by atoms with Crippen molar-refractivity contribution in [1.29, 1.82) is 0 Å². The van der Waals surface area contributed by atoms with Crippen LogP contribution in [0.5, 0.6) is 0 Å². The Morgan fingerprint density at radius 2 is 1.86 bits per heavy atom. The number of aromatic nitrogens is 2. The van der Waals surface area contributed by atoms with E-state index in [4.69, 9.17) is 5.73 Å². The largest absolute Gasteiger partial charge is 0.744 e. The molecule has 1 aromatic heterocycles. The summed E-state index contributed by atoms with van der Waals surface area (Å²) in [4.78, 5) is 6.34. The lowest BCUT2D eigenvalue weighted by Gasteiger charge is -2.33. The van der Waals surface area contributed by atoms with E-state index in [1.165, 1.54) is 25.4 Å². The van der Waals surface area contributed by atoms with Gasteiger partial charge >= 0.3 is 6.18 Å². The Bertz CT molecular complexity index is 757. The topological polar surface area (TPSA) is 109 Å². The minimum Gasteiger partial charge on any atom is -0.744 e. The first-order chi connectivity index (χ1) is 9.95. The van der Waals surface area contributed by atoms with Crippen LogP contribution in [-0.2, 0) is 15.5 Å². The predicted octanol–water partition coefficient (Wildman–Crippen LogP) is 1.34. The Morgan fingerprint density at radius 1 is 1.32 bits per heavy atom. The minimum atomic E-state index is -5.36. The number of hydrogen-bond acceptors (Lipinski definition) is 6. The van der Waals surface area contributed by atoms with E-state index in [1.807, 2.05) is 0 Å². The molecule has 0 amide bonds. The van der Waals surface area contributed by atoms with Gasteiger partial charge in [-0.2, -0.15) is 13.2 Å². The molecule has 0 fully saturated rings. The molecule has 10 heteroatoms. The van der Waals surface area contributed by atoms with E-state index in [-0.39, 0.29) is 12.2 Å². The Kier molecular flexibility index (Phi) is 3.78. The zero-order valence-electron chi connectivity index (χ0n) is 11.3. The van der Waals surface area contributed by atoms with Crippen molar-refractivity contribution in [2.75, 3.05) is 0 Å². The lowest BCUT2D eigenvalue weighted by molar-refractivity contribution is -0.0898. The van der Waals surface area contributed by atoms with Gasteiger partial charge in [-0.25, -0.2) is 18.4 Å². The SMILES string of the molecule is CC1(c2ncccn2)C=C(C(F)(F)F)C(S(=O)(=O)[O-])=C(N)C1. The van der Waals surface area contributed by atoms with Crippen LogP contribution in [0.25, 0.3) is 0 Å². The number of allylic oxidation sites excluding steroid dienone is 3. The quantitative estimate of drug-likeness (QED) is 0.818. The summed E-state index contributed by atoms with van der Waals surface area (Å²) < 4.78 is 72.9. The van der Waals surface area contributed by atoms with Gasteiger partial charge in [0.1, 0.15) is 15.9 Å². The molecule has 1 aliphatic rings. The first-order valence-electron chi connectivity index (χ1n) is 5.97. The van der Waals surface area contributed by atoms with Crippen molar-refractivity contribution >= 4 is 10.1 Å². The van der Waals surface area contributed by atoms with Gasteiger partial charge in [0.2, 0.25) is 0 Å². The third-order valence-corrected chi connectivity index (χ3v) is 4.17. The molecule has 2 N–H and O–H groups in total.